The summed E-state index contributed by atoms with van der Waals surface area (Å²) in [5.74, 6) is 0. The quantitative estimate of drug-likeness (QED) is 0.368. The third-order valence-corrected chi connectivity index (χ3v) is 15.6. The van der Waals surface area contributed by atoms with E-state index in [1.807, 2.05) is 22.7 Å². The van der Waals surface area contributed by atoms with Gasteiger partial charge in [0.2, 0.25) is 0 Å². The van der Waals surface area contributed by atoms with Crippen LogP contribution in [-0.4, -0.2) is 24.8 Å². The Hall–Kier alpha value is -0.451. The second-order valence-electron chi connectivity index (χ2n) is 6.71. The Bertz CT molecular complexity index is 901. The maximum absolute atomic E-state index is 7.28. The van der Waals surface area contributed by atoms with Gasteiger partial charge in [-0.2, -0.15) is 0 Å². The van der Waals surface area contributed by atoms with Gasteiger partial charge in [-0.05, 0) is 0 Å². The van der Waals surface area contributed by atoms with Gasteiger partial charge in [0.15, 0.2) is 0 Å². The van der Waals surface area contributed by atoms with E-state index in [0.717, 1.165) is 0 Å². The fourth-order valence-electron chi connectivity index (χ4n) is 3.18. The van der Waals surface area contributed by atoms with E-state index < -0.39 is 24.3 Å². The zero-order valence-electron chi connectivity index (χ0n) is 14.4. The second-order valence-corrected chi connectivity index (χ2v) is 17.5. The van der Waals surface area contributed by atoms with Gasteiger partial charge in [-0.25, -0.2) is 0 Å². The van der Waals surface area contributed by atoms with Crippen LogP contribution >= 0.6 is 29.4 Å². The molecule has 1 aliphatic heterocycles. The first-order valence-corrected chi connectivity index (χ1v) is 16.6. The molecule has 0 fully saturated rings. The molecule has 1 aliphatic rings. The van der Waals surface area contributed by atoms with Gasteiger partial charge in [-0.3, -0.25) is 0 Å². The third kappa shape index (κ3) is 2.40. The van der Waals surface area contributed by atoms with Crippen molar-refractivity contribution < 1.29 is 0 Å². The van der Waals surface area contributed by atoms with Gasteiger partial charge in [0.1, 0.15) is 0 Å². The summed E-state index contributed by atoms with van der Waals surface area (Å²) in [5.41, 5.74) is 0. The molecule has 0 spiro atoms. The summed E-state index contributed by atoms with van der Waals surface area (Å²) in [6.45, 7) is 7.58. The Morgan fingerprint density at radius 3 is 1.67 bits per heavy atom. The van der Waals surface area contributed by atoms with E-state index in [9.17, 15) is 0 Å². The first kappa shape index (κ1) is 17.0. The molecule has 2 aromatic heterocycles. The van der Waals surface area contributed by atoms with E-state index >= 15 is 0 Å². The molecule has 119 valence electrons. The van der Waals surface area contributed by atoms with Crippen LogP contribution in [0.4, 0.5) is 0 Å². The van der Waals surface area contributed by atoms with Crippen molar-refractivity contribution in [3.05, 3.63) is 42.5 Å². The number of benzene rings is 1. The van der Waals surface area contributed by atoms with Crippen LogP contribution in [-0.2, 0) is 0 Å². The van der Waals surface area contributed by atoms with Crippen molar-refractivity contribution in [1.29, 1.82) is 0 Å². The first-order valence-electron chi connectivity index (χ1n) is 8.06. The Morgan fingerprint density at radius 2 is 1.25 bits per heavy atom. The van der Waals surface area contributed by atoms with Crippen molar-refractivity contribution >= 4 is 79.1 Å². The minimum absolute atomic E-state index is 0.440. The molecule has 1 aromatic carbocycles. The summed E-state index contributed by atoms with van der Waals surface area (Å²) >= 11 is 4.02. The number of hydrogen-bond acceptors (Lipinski definition) is 2. The summed E-state index contributed by atoms with van der Waals surface area (Å²) < 4.78 is 3.13. The topological polar surface area (TPSA) is 0 Å². The molecule has 0 saturated carbocycles. The number of thiophene rings is 2. The van der Waals surface area contributed by atoms with Crippen molar-refractivity contribution in [3.63, 3.8) is 0 Å². The van der Waals surface area contributed by atoms with Gasteiger partial charge < -0.3 is 0 Å². The standard InChI is InChI=1S/C18H19BPS2Si2/c1-23(2)15-10-13-17(21-15)18-14(11-16(22-18)24(3)4)20(13,19)12-8-6-5-7-9-12/h5-11H,1-4H3. The van der Waals surface area contributed by atoms with E-state index in [2.05, 4.69) is 68.7 Å². The molecule has 0 aliphatic carbocycles. The van der Waals surface area contributed by atoms with Gasteiger partial charge in [-0.1, -0.05) is 0 Å². The molecule has 0 atom stereocenters. The summed E-state index contributed by atoms with van der Waals surface area (Å²) in [4.78, 5) is 2.95. The Labute approximate surface area is 157 Å². The minimum atomic E-state index is -1.94. The van der Waals surface area contributed by atoms with E-state index in [0.29, 0.717) is 0 Å². The van der Waals surface area contributed by atoms with Crippen LogP contribution in [0, 0.1) is 0 Å². The van der Waals surface area contributed by atoms with E-state index in [1.54, 1.807) is 9.00 Å². The van der Waals surface area contributed by atoms with Crippen molar-refractivity contribution in [2.24, 2.45) is 0 Å². The second kappa shape index (κ2) is 6.07. The van der Waals surface area contributed by atoms with Crippen molar-refractivity contribution in [2.75, 3.05) is 0 Å². The SMILES string of the molecule is [B]=P1(c2ccccc2)c2cc([Si](C)C)sc2-c2sc([Si](C)C)cc21. The molecule has 0 bridgehead atoms. The molecule has 0 saturated heterocycles. The zero-order valence-corrected chi connectivity index (χ0v) is 18.9. The molecule has 3 radical (unpaired) electrons. The predicted octanol–water partition coefficient (Wildman–Crippen LogP) is 3.09. The fraction of sp³-hybridized carbons (Fsp3) is 0.222. The summed E-state index contributed by atoms with van der Waals surface area (Å²) in [6.07, 6.45) is 0. The molecular weight excluding hydrogens is 378 g/mol. The van der Waals surface area contributed by atoms with Gasteiger partial charge in [0.05, 0.1) is 0 Å². The van der Waals surface area contributed by atoms with Gasteiger partial charge in [0.25, 0.3) is 0 Å². The van der Waals surface area contributed by atoms with Crippen LogP contribution in [0.1, 0.15) is 0 Å². The van der Waals surface area contributed by atoms with Crippen LogP contribution < -0.4 is 24.9 Å². The van der Waals surface area contributed by atoms with Gasteiger partial charge >= 0.3 is 158 Å². The zero-order chi connectivity index (χ0) is 17.1. The molecular formula is C18H19BPS2Si2. The average Bonchev–Trinajstić information content (AvgIpc) is 3.23. The molecule has 0 nitrogen and oxygen atoms in total. The number of rotatable bonds is 3. The normalized spacial score (nSPS) is 15.0. The Morgan fingerprint density at radius 1 is 0.792 bits per heavy atom. The Balaban J connectivity index is 2.03. The van der Waals surface area contributed by atoms with Crippen molar-refractivity contribution in [3.8, 4) is 9.75 Å². The van der Waals surface area contributed by atoms with Crippen LogP contribution in [0.25, 0.3) is 9.75 Å². The molecule has 3 aromatic rings. The van der Waals surface area contributed by atoms with Crippen LogP contribution in [0.3, 0.4) is 0 Å². The van der Waals surface area contributed by atoms with Gasteiger partial charge in [-0.15, -0.1) is 0 Å². The van der Waals surface area contributed by atoms with Crippen LogP contribution in [0.5, 0.6) is 0 Å². The summed E-state index contributed by atoms with van der Waals surface area (Å²) in [6, 6.07) is 15.7. The van der Waals surface area contributed by atoms with Crippen molar-refractivity contribution in [1.82, 2.24) is 0 Å². The van der Waals surface area contributed by atoms with Gasteiger partial charge in [0, 0.05) is 0 Å². The molecule has 0 amide bonds. The molecule has 24 heavy (non-hydrogen) atoms. The number of hydrogen-bond donors (Lipinski definition) is 0. The molecule has 4 rings (SSSR count). The summed E-state index contributed by atoms with van der Waals surface area (Å²) in [5, 5.41) is 4.20. The number of fused-ring (bicyclic) bond motifs is 3. The van der Waals surface area contributed by atoms with E-state index in [4.69, 9.17) is 7.18 Å². The maximum atomic E-state index is 7.28. The average molecular weight is 397 g/mol. The predicted molar refractivity (Wildman–Crippen MR) is 120 cm³/mol. The summed E-state index contributed by atoms with van der Waals surface area (Å²) in [7, 11) is 6.40. The molecule has 0 unspecified atom stereocenters. The fourth-order valence-corrected chi connectivity index (χ4v) is 12.8. The van der Waals surface area contributed by atoms with Crippen LogP contribution in [0.2, 0.25) is 26.2 Å². The molecule has 3 heterocycles. The first-order chi connectivity index (χ1) is 11.4. The monoisotopic (exact) mass is 397 g/mol. The van der Waals surface area contributed by atoms with Crippen molar-refractivity contribution in [2.45, 2.75) is 26.2 Å². The third-order valence-electron chi connectivity index (χ3n) is 4.54. The van der Waals surface area contributed by atoms with Crippen LogP contribution in [0.15, 0.2) is 42.5 Å². The Kier molecular flexibility index (Phi) is 4.29. The van der Waals surface area contributed by atoms with E-state index in [1.165, 1.54) is 25.7 Å². The van der Waals surface area contributed by atoms with E-state index in [-0.39, 0.29) is 0 Å². The molecule has 6 heteroatoms. The molecule has 0 N–H and O–H groups in total.